The molecule has 0 unspecified atom stereocenters. The van der Waals surface area contributed by atoms with E-state index in [4.69, 9.17) is 9.84 Å². The molecule has 3 rings (SSSR count). The minimum absolute atomic E-state index is 0.0561. The van der Waals surface area contributed by atoms with E-state index in [0.29, 0.717) is 0 Å². The first-order chi connectivity index (χ1) is 15.4. The van der Waals surface area contributed by atoms with Crippen molar-refractivity contribution in [3.8, 4) is 11.1 Å². The van der Waals surface area contributed by atoms with Crippen molar-refractivity contribution < 1.29 is 24.2 Å². The van der Waals surface area contributed by atoms with Crippen molar-refractivity contribution in [3.63, 3.8) is 0 Å². The number of hydrogen-bond donors (Lipinski definition) is 3. The Morgan fingerprint density at radius 2 is 1.48 bits per heavy atom. The van der Waals surface area contributed by atoms with Crippen LogP contribution in [0.25, 0.3) is 11.1 Å². The minimum atomic E-state index is -1.02. The van der Waals surface area contributed by atoms with E-state index in [9.17, 15) is 14.4 Å². The topological polar surface area (TPSA) is 105 Å². The van der Waals surface area contributed by atoms with Crippen LogP contribution in [0.4, 0.5) is 4.79 Å². The van der Waals surface area contributed by atoms with Gasteiger partial charge in [0.15, 0.2) is 0 Å². The number of carbonyl (C=O) groups is 3. The van der Waals surface area contributed by atoms with Gasteiger partial charge in [-0.3, -0.25) is 9.59 Å². The Morgan fingerprint density at radius 3 is 2.00 bits per heavy atom. The van der Waals surface area contributed by atoms with Gasteiger partial charge in [0.2, 0.25) is 5.91 Å². The fraction of sp³-hybridized carbons (Fsp3) is 0.423. The van der Waals surface area contributed by atoms with Crippen LogP contribution in [0.1, 0.15) is 58.1 Å². The van der Waals surface area contributed by atoms with Crippen molar-refractivity contribution in [2.24, 2.45) is 5.41 Å². The lowest BCUT2D eigenvalue weighted by Crippen LogP contribution is -2.60. The molecule has 1 aliphatic carbocycles. The number of ether oxygens (including phenoxy) is 1. The maximum absolute atomic E-state index is 12.8. The third kappa shape index (κ3) is 5.02. The molecule has 0 saturated carbocycles. The number of rotatable bonds is 8. The predicted octanol–water partition coefficient (Wildman–Crippen LogP) is 4.31. The molecule has 0 aliphatic heterocycles. The molecule has 7 nitrogen and oxygen atoms in total. The smallest absolute Gasteiger partial charge is 0.407 e. The largest absolute Gasteiger partial charge is 0.481 e. The van der Waals surface area contributed by atoms with Crippen LogP contribution >= 0.6 is 0 Å². The van der Waals surface area contributed by atoms with Gasteiger partial charge in [-0.1, -0.05) is 48.5 Å². The van der Waals surface area contributed by atoms with Crippen molar-refractivity contribution in [2.45, 2.75) is 58.5 Å². The van der Waals surface area contributed by atoms with Crippen LogP contribution in [-0.4, -0.2) is 41.3 Å². The molecule has 2 aromatic carbocycles. The lowest BCUT2D eigenvalue weighted by atomic mass is 9.73. The molecule has 1 aliphatic rings. The van der Waals surface area contributed by atoms with Gasteiger partial charge in [0.1, 0.15) is 6.61 Å². The summed E-state index contributed by atoms with van der Waals surface area (Å²) < 4.78 is 5.62. The van der Waals surface area contributed by atoms with Crippen LogP contribution in [0.2, 0.25) is 0 Å². The second-order valence-corrected chi connectivity index (χ2v) is 9.67. The molecule has 0 aromatic heterocycles. The Bertz CT molecular complexity index is 1010. The zero-order valence-corrected chi connectivity index (χ0v) is 19.8. The van der Waals surface area contributed by atoms with Crippen molar-refractivity contribution in [2.75, 3.05) is 6.61 Å². The molecule has 0 radical (unpaired) electrons. The number of aliphatic carboxylic acids is 1. The molecule has 0 fully saturated rings. The van der Waals surface area contributed by atoms with Crippen LogP contribution in [-0.2, 0) is 14.3 Å². The normalized spacial score (nSPS) is 14.1. The number of carboxylic acids is 1. The highest BCUT2D eigenvalue weighted by Crippen LogP contribution is 2.44. The molecule has 176 valence electrons. The first-order valence-corrected chi connectivity index (χ1v) is 11.1. The van der Waals surface area contributed by atoms with E-state index in [0.717, 1.165) is 22.3 Å². The molecule has 1 atom stereocenters. The van der Waals surface area contributed by atoms with Gasteiger partial charge in [-0.05, 0) is 56.9 Å². The summed E-state index contributed by atoms with van der Waals surface area (Å²) in [7, 11) is 0. The molecule has 7 heteroatoms. The second-order valence-electron chi connectivity index (χ2n) is 9.67. The highest BCUT2D eigenvalue weighted by Gasteiger charge is 2.45. The average Bonchev–Trinajstić information content (AvgIpc) is 3.05. The van der Waals surface area contributed by atoms with E-state index in [1.165, 1.54) is 0 Å². The molecule has 0 bridgehead atoms. The molecular weight excluding hydrogens is 420 g/mol. The quantitative estimate of drug-likeness (QED) is 0.554. The molecular formula is C26H32N2O5. The van der Waals surface area contributed by atoms with E-state index < -0.39 is 29.1 Å². The Morgan fingerprint density at radius 1 is 0.970 bits per heavy atom. The summed E-state index contributed by atoms with van der Waals surface area (Å²) in [6, 6.07) is 15.7. The minimum Gasteiger partial charge on any atom is -0.481 e. The summed E-state index contributed by atoms with van der Waals surface area (Å²) >= 11 is 0. The third-order valence-electron chi connectivity index (χ3n) is 6.75. The number of alkyl carbamates (subject to hydrolysis) is 1. The molecule has 0 spiro atoms. The summed E-state index contributed by atoms with van der Waals surface area (Å²) in [5, 5.41) is 14.5. The summed E-state index contributed by atoms with van der Waals surface area (Å²) in [5.41, 5.74) is 2.57. The molecule has 3 N–H and O–H groups in total. The lowest BCUT2D eigenvalue weighted by Gasteiger charge is -2.41. The van der Waals surface area contributed by atoms with E-state index >= 15 is 0 Å². The number of fused-ring (bicyclic) bond motifs is 3. The van der Waals surface area contributed by atoms with Crippen molar-refractivity contribution >= 4 is 18.0 Å². The van der Waals surface area contributed by atoms with Crippen molar-refractivity contribution in [1.29, 1.82) is 0 Å². The van der Waals surface area contributed by atoms with Gasteiger partial charge in [0.25, 0.3) is 0 Å². The molecule has 2 aromatic rings. The van der Waals surface area contributed by atoms with E-state index in [2.05, 4.69) is 34.9 Å². The number of hydrogen-bond acceptors (Lipinski definition) is 4. The summed E-state index contributed by atoms with van der Waals surface area (Å²) in [5.74, 6) is -1.39. The molecule has 0 saturated heterocycles. The van der Waals surface area contributed by atoms with E-state index in [1.807, 2.05) is 24.3 Å². The van der Waals surface area contributed by atoms with Crippen LogP contribution in [0.15, 0.2) is 48.5 Å². The van der Waals surface area contributed by atoms with E-state index in [-0.39, 0.29) is 24.9 Å². The second kappa shape index (κ2) is 9.25. The summed E-state index contributed by atoms with van der Waals surface area (Å²) in [4.78, 5) is 36.5. The van der Waals surface area contributed by atoms with Crippen molar-refractivity contribution in [3.05, 3.63) is 59.7 Å². The van der Waals surface area contributed by atoms with Gasteiger partial charge in [0.05, 0.1) is 17.4 Å². The zero-order chi connectivity index (χ0) is 24.4. The summed E-state index contributed by atoms with van der Waals surface area (Å²) in [6.07, 6.45) is -0.788. The fourth-order valence-corrected chi connectivity index (χ4v) is 4.05. The third-order valence-corrected chi connectivity index (χ3v) is 6.75. The monoisotopic (exact) mass is 452 g/mol. The zero-order valence-electron chi connectivity index (χ0n) is 19.8. The van der Waals surface area contributed by atoms with Crippen LogP contribution in [0.5, 0.6) is 0 Å². The van der Waals surface area contributed by atoms with Crippen molar-refractivity contribution in [1.82, 2.24) is 10.6 Å². The fourth-order valence-electron chi connectivity index (χ4n) is 4.05. The highest BCUT2D eigenvalue weighted by atomic mass is 16.5. The van der Waals surface area contributed by atoms with Gasteiger partial charge in [0, 0.05) is 12.0 Å². The number of amides is 2. The Labute approximate surface area is 194 Å². The van der Waals surface area contributed by atoms with Crippen LogP contribution < -0.4 is 10.6 Å². The maximum atomic E-state index is 12.8. The molecule has 0 heterocycles. The Hall–Kier alpha value is -3.35. The van der Waals surface area contributed by atoms with Gasteiger partial charge >= 0.3 is 12.1 Å². The number of carboxylic acid groups (broad SMARTS) is 1. The molecule has 2 amide bonds. The van der Waals surface area contributed by atoms with Gasteiger partial charge in [-0.15, -0.1) is 0 Å². The Balaban J connectivity index is 1.65. The standard InChI is InChI=1S/C26H32N2O5/c1-16(14-22(29)30)27-23(31)25(2,3)26(4,5)28-24(32)33-15-21-19-12-8-6-10-17(19)18-11-7-9-13-20(18)21/h6-13,16,21H,14-15H2,1-5H3,(H,27,31)(H,28,32)(H,29,30)/t16-/m1/s1. The number of benzene rings is 2. The predicted molar refractivity (Wildman–Crippen MR) is 126 cm³/mol. The summed E-state index contributed by atoms with van der Waals surface area (Å²) in [6.45, 7) is 8.72. The molecule has 33 heavy (non-hydrogen) atoms. The number of carbonyl (C=O) groups excluding carboxylic acids is 2. The highest BCUT2D eigenvalue weighted by molar-refractivity contribution is 5.85. The van der Waals surface area contributed by atoms with Gasteiger partial charge < -0.3 is 20.5 Å². The van der Waals surface area contributed by atoms with Gasteiger partial charge in [-0.25, -0.2) is 4.79 Å². The number of nitrogens with one attached hydrogen (secondary N) is 2. The Kier molecular flexibility index (Phi) is 6.81. The van der Waals surface area contributed by atoms with E-state index in [1.54, 1.807) is 34.6 Å². The maximum Gasteiger partial charge on any atom is 0.407 e. The lowest BCUT2D eigenvalue weighted by molar-refractivity contribution is -0.138. The van der Waals surface area contributed by atoms with Crippen LogP contribution in [0.3, 0.4) is 0 Å². The SMILES string of the molecule is C[C@H](CC(=O)O)NC(=O)C(C)(C)C(C)(C)NC(=O)OCC1c2ccccc2-c2ccccc21. The average molecular weight is 453 g/mol. The first kappa shape index (κ1) is 24.3. The first-order valence-electron chi connectivity index (χ1n) is 11.1. The van der Waals surface area contributed by atoms with Crippen LogP contribution in [0, 0.1) is 5.41 Å². The van der Waals surface area contributed by atoms with Gasteiger partial charge in [-0.2, -0.15) is 0 Å².